The molecule has 0 saturated carbocycles. The third-order valence-corrected chi connectivity index (χ3v) is 5.86. The van der Waals surface area contributed by atoms with E-state index in [4.69, 9.17) is 11.6 Å². The number of hydrogen-bond acceptors (Lipinski definition) is 4. The van der Waals surface area contributed by atoms with E-state index in [1.807, 2.05) is 18.7 Å². The average Bonchev–Trinajstić information content (AvgIpc) is 2.46. The van der Waals surface area contributed by atoms with Crippen LogP contribution in [0.1, 0.15) is 51.4 Å². The summed E-state index contributed by atoms with van der Waals surface area (Å²) in [4.78, 5) is 8.95. The zero-order valence-electron chi connectivity index (χ0n) is 13.2. The number of hydrogen-bond donors (Lipinski definition) is 1. The molecule has 1 aromatic rings. The van der Waals surface area contributed by atoms with Crippen LogP contribution in [0.5, 0.6) is 0 Å². The molecule has 3 nitrogen and oxygen atoms in total. The molecule has 0 atom stereocenters. The van der Waals surface area contributed by atoms with E-state index < -0.39 is 0 Å². The van der Waals surface area contributed by atoms with Crippen LogP contribution < -0.4 is 5.32 Å². The smallest absolute Gasteiger partial charge is 0.137 e. The summed E-state index contributed by atoms with van der Waals surface area (Å²) in [6, 6.07) is 0. The zero-order chi connectivity index (χ0) is 15.2. The van der Waals surface area contributed by atoms with Gasteiger partial charge in [-0.15, -0.1) is 0 Å². The summed E-state index contributed by atoms with van der Waals surface area (Å²) in [5, 5.41) is 4.05. The summed E-state index contributed by atoms with van der Waals surface area (Å²) in [7, 11) is 0. The molecule has 5 heteroatoms. The molecule has 0 saturated heterocycles. The molecule has 0 aliphatic rings. The molecule has 1 N–H and O–H groups in total. The predicted octanol–water partition coefficient (Wildman–Crippen LogP) is 4.72. The highest BCUT2D eigenvalue weighted by Gasteiger charge is 2.25. The predicted molar refractivity (Wildman–Crippen MR) is 91.1 cm³/mol. The summed E-state index contributed by atoms with van der Waals surface area (Å²) in [6.07, 6.45) is 6.34. The van der Waals surface area contributed by atoms with E-state index in [1.165, 1.54) is 0 Å². The molecule has 114 valence electrons. The summed E-state index contributed by atoms with van der Waals surface area (Å²) in [5.41, 5.74) is 0.939. The molecule has 0 aromatic carbocycles. The molecule has 0 fully saturated rings. The van der Waals surface area contributed by atoms with Gasteiger partial charge in [0.05, 0.1) is 0 Å². The number of rotatable bonds is 8. The van der Waals surface area contributed by atoms with Crippen LogP contribution >= 0.6 is 23.4 Å². The number of nitrogens with one attached hydrogen (secondary N) is 1. The minimum absolute atomic E-state index is 0.259. The Morgan fingerprint density at radius 1 is 1.20 bits per heavy atom. The fraction of sp³-hybridized carbons (Fsp3) is 0.733. The highest BCUT2D eigenvalue weighted by molar-refractivity contribution is 8.00. The summed E-state index contributed by atoms with van der Waals surface area (Å²) < 4.78 is 0.259. The second kappa shape index (κ2) is 8.08. The maximum atomic E-state index is 6.21. The van der Waals surface area contributed by atoms with Gasteiger partial charge < -0.3 is 5.32 Å². The molecule has 0 amide bonds. The molecule has 20 heavy (non-hydrogen) atoms. The van der Waals surface area contributed by atoms with Crippen molar-refractivity contribution in [3.8, 4) is 0 Å². The van der Waals surface area contributed by atoms with Crippen molar-refractivity contribution in [2.45, 2.75) is 58.1 Å². The second-order valence-electron chi connectivity index (χ2n) is 5.10. The Morgan fingerprint density at radius 2 is 1.85 bits per heavy atom. The fourth-order valence-corrected chi connectivity index (χ4v) is 3.13. The lowest BCUT2D eigenvalue weighted by molar-refractivity contribution is 0.573. The summed E-state index contributed by atoms with van der Waals surface area (Å²) in [6.45, 7) is 9.48. The monoisotopic (exact) mass is 315 g/mol. The summed E-state index contributed by atoms with van der Waals surface area (Å²) >= 11 is 8.13. The van der Waals surface area contributed by atoms with Gasteiger partial charge in [0, 0.05) is 23.3 Å². The van der Waals surface area contributed by atoms with Crippen molar-refractivity contribution in [2.24, 2.45) is 0 Å². The molecule has 1 rings (SSSR count). The van der Waals surface area contributed by atoms with E-state index in [0.29, 0.717) is 5.15 Å². The number of thioether (sulfide) groups is 1. The lowest BCUT2D eigenvalue weighted by Crippen LogP contribution is -2.32. The molecule has 0 unspecified atom stereocenters. The lowest BCUT2D eigenvalue weighted by atomic mass is 10.0. The van der Waals surface area contributed by atoms with Crippen LogP contribution in [0, 0.1) is 6.92 Å². The van der Waals surface area contributed by atoms with Gasteiger partial charge in [-0.2, -0.15) is 11.8 Å². The number of aryl methyl sites for hydroxylation is 1. The van der Waals surface area contributed by atoms with E-state index in [2.05, 4.69) is 42.3 Å². The van der Waals surface area contributed by atoms with Gasteiger partial charge in [-0.1, -0.05) is 32.4 Å². The Bertz CT molecular complexity index is 425. The molecular formula is C15H26ClN3S. The van der Waals surface area contributed by atoms with E-state index in [-0.39, 0.29) is 4.75 Å². The van der Waals surface area contributed by atoms with Gasteiger partial charge in [-0.05, 0) is 32.4 Å². The van der Waals surface area contributed by atoms with Crippen molar-refractivity contribution in [1.29, 1.82) is 0 Å². The molecule has 1 aromatic heterocycles. The first-order valence-electron chi connectivity index (χ1n) is 7.33. The fourth-order valence-electron chi connectivity index (χ4n) is 2.15. The van der Waals surface area contributed by atoms with Crippen LogP contribution in [0.25, 0.3) is 0 Å². The molecule has 0 spiro atoms. The Morgan fingerprint density at radius 3 is 2.35 bits per heavy atom. The van der Waals surface area contributed by atoms with Gasteiger partial charge in [0.2, 0.25) is 0 Å². The second-order valence-corrected chi connectivity index (χ2v) is 6.73. The normalized spacial score (nSPS) is 11.7. The standard InChI is InChI=1S/C15H26ClN3S/c1-6-9-12-18-13(16)11(4)14(19-12)17-10-15(7-2,8-3)20-5/h6-10H2,1-5H3,(H,17,18,19). The van der Waals surface area contributed by atoms with Crippen molar-refractivity contribution in [3.05, 3.63) is 16.5 Å². The third kappa shape index (κ3) is 4.26. The molecule has 0 radical (unpaired) electrons. The molecular weight excluding hydrogens is 290 g/mol. The Balaban J connectivity index is 2.91. The van der Waals surface area contributed by atoms with Crippen LogP contribution in [-0.4, -0.2) is 27.5 Å². The average molecular weight is 316 g/mol. The quantitative estimate of drug-likeness (QED) is 0.704. The zero-order valence-corrected chi connectivity index (χ0v) is 14.8. The van der Waals surface area contributed by atoms with Gasteiger partial charge in [0.15, 0.2) is 0 Å². The van der Waals surface area contributed by atoms with Crippen LogP contribution in [0.3, 0.4) is 0 Å². The van der Waals surface area contributed by atoms with E-state index in [9.17, 15) is 0 Å². The maximum absolute atomic E-state index is 6.21. The summed E-state index contributed by atoms with van der Waals surface area (Å²) in [5.74, 6) is 1.71. The third-order valence-electron chi connectivity index (χ3n) is 3.91. The first-order valence-corrected chi connectivity index (χ1v) is 8.94. The number of aromatic nitrogens is 2. The minimum Gasteiger partial charge on any atom is -0.368 e. The van der Waals surface area contributed by atoms with Gasteiger partial charge in [-0.25, -0.2) is 9.97 Å². The molecule has 0 aliphatic heterocycles. The topological polar surface area (TPSA) is 37.8 Å². The first-order chi connectivity index (χ1) is 9.51. The van der Waals surface area contributed by atoms with Gasteiger partial charge in [0.25, 0.3) is 0 Å². The van der Waals surface area contributed by atoms with E-state index >= 15 is 0 Å². The van der Waals surface area contributed by atoms with Crippen LogP contribution in [0.2, 0.25) is 5.15 Å². The number of halogens is 1. The SMILES string of the molecule is CCCc1nc(Cl)c(C)c(NCC(CC)(CC)SC)n1. The van der Waals surface area contributed by atoms with Crippen molar-refractivity contribution < 1.29 is 0 Å². The van der Waals surface area contributed by atoms with Crippen LogP contribution in [-0.2, 0) is 6.42 Å². The van der Waals surface area contributed by atoms with Crippen molar-refractivity contribution in [2.75, 3.05) is 18.1 Å². The Kier molecular flexibility index (Phi) is 7.10. The molecule has 0 aliphatic carbocycles. The van der Waals surface area contributed by atoms with Crippen LogP contribution in [0.4, 0.5) is 5.82 Å². The van der Waals surface area contributed by atoms with E-state index in [0.717, 1.165) is 49.4 Å². The van der Waals surface area contributed by atoms with Crippen molar-refractivity contribution in [3.63, 3.8) is 0 Å². The first kappa shape index (κ1) is 17.6. The lowest BCUT2D eigenvalue weighted by Gasteiger charge is -2.30. The minimum atomic E-state index is 0.259. The molecule has 1 heterocycles. The maximum Gasteiger partial charge on any atom is 0.137 e. The highest BCUT2D eigenvalue weighted by Crippen LogP contribution is 2.31. The molecule has 0 bridgehead atoms. The van der Waals surface area contributed by atoms with Crippen molar-refractivity contribution >= 4 is 29.2 Å². The Labute approximate surface area is 132 Å². The van der Waals surface area contributed by atoms with E-state index in [1.54, 1.807) is 0 Å². The number of anilines is 1. The van der Waals surface area contributed by atoms with Gasteiger partial charge >= 0.3 is 0 Å². The van der Waals surface area contributed by atoms with Crippen LogP contribution in [0.15, 0.2) is 0 Å². The largest absolute Gasteiger partial charge is 0.368 e. The van der Waals surface area contributed by atoms with Gasteiger partial charge in [0.1, 0.15) is 16.8 Å². The Hall–Kier alpha value is -0.480. The van der Waals surface area contributed by atoms with Crippen molar-refractivity contribution in [1.82, 2.24) is 9.97 Å². The van der Waals surface area contributed by atoms with Gasteiger partial charge in [-0.3, -0.25) is 0 Å². The number of nitrogens with zero attached hydrogens (tertiary/aromatic N) is 2. The highest BCUT2D eigenvalue weighted by atomic mass is 35.5.